The van der Waals surface area contributed by atoms with E-state index in [4.69, 9.17) is 28.9 Å². The Morgan fingerprint density at radius 1 is 0.800 bits per heavy atom. The molecular weight excluding hydrogens is 296 g/mol. The van der Waals surface area contributed by atoms with Crippen LogP contribution in [0.25, 0.3) is 21.9 Å². The van der Waals surface area contributed by atoms with Gasteiger partial charge in [-0.1, -0.05) is 53.5 Å². The van der Waals surface area contributed by atoms with Crippen molar-refractivity contribution in [2.75, 3.05) is 5.73 Å². The van der Waals surface area contributed by atoms with Gasteiger partial charge in [-0.25, -0.2) is 4.39 Å². The number of benzene rings is 3. The van der Waals surface area contributed by atoms with Gasteiger partial charge in [-0.15, -0.1) is 0 Å². The fraction of sp³-hybridized carbons (Fsp3) is 0. The van der Waals surface area contributed by atoms with E-state index in [9.17, 15) is 4.39 Å². The number of nitrogen functional groups attached to an aromatic ring is 1. The van der Waals surface area contributed by atoms with Crippen molar-refractivity contribution in [3.8, 4) is 11.1 Å². The summed E-state index contributed by atoms with van der Waals surface area (Å²) in [4.78, 5) is 0. The number of halogens is 3. The number of nitrogens with two attached hydrogens (primary N) is 1. The zero-order valence-electron chi connectivity index (χ0n) is 10.3. The van der Waals surface area contributed by atoms with Gasteiger partial charge in [0.1, 0.15) is 5.82 Å². The van der Waals surface area contributed by atoms with Crippen LogP contribution < -0.4 is 5.73 Å². The van der Waals surface area contributed by atoms with Crippen molar-refractivity contribution in [3.05, 3.63) is 64.4 Å². The topological polar surface area (TPSA) is 26.0 Å². The lowest BCUT2D eigenvalue weighted by Gasteiger charge is -2.12. The van der Waals surface area contributed by atoms with E-state index < -0.39 is 5.82 Å². The Balaban J connectivity index is 2.39. The van der Waals surface area contributed by atoms with E-state index in [1.54, 1.807) is 6.07 Å². The van der Waals surface area contributed by atoms with E-state index in [0.717, 1.165) is 16.3 Å². The van der Waals surface area contributed by atoms with Crippen molar-refractivity contribution in [1.29, 1.82) is 0 Å². The van der Waals surface area contributed by atoms with Gasteiger partial charge < -0.3 is 5.73 Å². The monoisotopic (exact) mass is 305 g/mol. The second-order valence-electron chi connectivity index (χ2n) is 4.49. The lowest BCUT2D eigenvalue weighted by molar-refractivity contribution is 0.628. The Morgan fingerprint density at radius 3 is 2.25 bits per heavy atom. The molecule has 0 saturated heterocycles. The van der Waals surface area contributed by atoms with Crippen LogP contribution in [-0.4, -0.2) is 0 Å². The molecule has 0 fully saturated rings. The highest BCUT2D eigenvalue weighted by atomic mass is 35.5. The summed E-state index contributed by atoms with van der Waals surface area (Å²) in [6, 6.07) is 13.8. The van der Waals surface area contributed by atoms with Gasteiger partial charge in [0.2, 0.25) is 0 Å². The first-order valence-electron chi connectivity index (χ1n) is 6.00. The molecule has 3 aromatic carbocycles. The predicted molar refractivity (Wildman–Crippen MR) is 83.8 cm³/mol. The second-order valence-corrected chi connectivity index (χ2v) is 5.30. The summed E-state index contributed by atoms with van der Waals surface area (Å²) in [5, 5.41) is 2.66. The fourth-order valence-corrected chi connectivity index (χ4v) is 2.74. The van der Waals surface area contributed by atoms with Crippen LogP contribution in [0, 0.1) is 5.82 Å². The summed E-state index contributed by atoms with van der Waals surface area (Å²) in [6.07, 6.45) is 0. The highest BCUT2D eigenvalue weighted by Gasteiger charge is 2.12. The molecule has 0 amide bonds. The molecule has 0 bridgehead atoms. The minimum Gasteiger partial charge on any atom is -0.397 e. The number of rotatable bonds is 1. The molecule has 4 heteroatoms. The third kappa shape index (κ3) is 2.11. The lowest BCUT2D eigenvalue weighted by atomic mass is 9.97. The standard InChI is InChI=1S/C16H10Cl2FN/c17-14-6-5-11(10-3-1-2-4-12(10)14)13-7-9(19)8-15(18)16(13)20/h1-8H,20H2. The molecule has 0 unspecified atom stereocenters. The van der Waals surface area contributed by atoms with Gasteiger partial charge in [0.15, 0.2) is 0 Å². The maximum absolute atomic E-state index is 13.6. The molecule has 0 saturated carbocycles. The molecule has 2 N–H and O–H groups in total. The number of fused-ring (bicyclic) bond motifs is 1. The SMILES string of the molecule is Nc1c(Cl)cc(F)cc1-c1ccc(Cl)c2ccccc12. The molecule has 0 aromatic heterocycles. The van der Waals surface area contributed by atoms with E-state index in [1.807, 2.05) is 30.3 Å². The summed E-state index contributed by atoms with van der Waals surface area (Å²) < 4.78 is 13.6. The van der Waals surface area contributed by atoms with Crippen LogP contribution in [-0.2, 0) is 0 Å². The van der Waals surface area contributed by atoms with Gasteiger partial charge in [0, 0.05) is 16.0 Å². The molecule has 3 rings (SSSR count). The Hall–Kier alpha value is -1.77. The number of anilines is 1. The van der Waals surface area contributed by atoms with Crippen molar-refractivity contribution in [1.82, 2.24) is 0 Å². The van der Waals surface area contributed by atoms with Gasteiger partial charge in [-0.05, 0) is 29.1 Å². The molecule has 20 heavy (non-hydrogen) atoms. The molecule has 0 aliphatic carbocycles. The van der Waals surface area contributed by atoms with E-state index in [1.165, 1.54) is 12.1 Å². The maximum Gasteiger partial charge on any atom is 0.125 e. The molecule has 0 aliphatic rings. The molecule has 0 heterocycles. The van der Waals surface area contributed by atoms with Crippen LogP contribution in [0.5, 0.6) is 0 Å². The zero-order valence-corrected chi connectivity index (χ0v) is 11.8. The van der Waals surface area contributed by atoms with E-state index in [0.29, 0.717) is 16.3 Å². The molecule has 0 atom stereocenters. The van der Waals surface area contributed by atoms with Gasteiger partial charge in [-0.2, -0.15) is 0 Å². The minimum absolute atomic E-state index is 0.207. The summed E-state index contributed by atoms with van der Waals surface area (Å²) >= 11 is 12.1. The molecule has 1 nitrogen and oxygen atoms in total. The zero-order chi connectivity index (χ0) is 14.3. The van der Waals surface area contributed by atoms with Gasteiger partial charge in [-0.3, -0.25) is 0 Å². The number of hydrogen-bond acceptors (Lipinski definition) is 1. The quantitative estimate of drug-likeness (QED) is 0.587. The highest BCUT2D eigenvalue weighted by Crippen LogP contribution is 2.38. The Kier molecular flexibility index (Phi) is 3.28. The maximum atomic E-state index is 13.6. The average molecular weight is 306 g/mol. The molecule has 0 aliphatic heterocycles. The van der Waals surface area contributed by atoms with Gasteiger partial charge in [0.05, 0.1) is 10.7 Å². The lowest BCUT2D eigenvalue weighted by Crippen LogP contribution is -1.94. The molecule has 0 radical (unpaired) electrons. The molecule has 100 valence electrons. The first kappa shape index (κ1) is 13.2. The van der Waals surface area contributed by atoms with Crippen molar-refractivity contribution in [2.45, 2.75) is 0 Å². The Morgan fingerprint density at radius 2 is 1.50 bits per heavy atom. The minimum atomic E-state index is -0.418. The van der Waals surface area contributed by atoms with E-state index in [-0.39, 0.29) is 5.02 Å². The van der Waals surface area contributed by atoms with Crippen LogP contribution in [0.4, 0.5) is 10.1 Å². The van der Waals surface area contributed by atoms with Crippen molar-refractivity contribution >= 4 is 39.7 Å². The summed E-state index contributed by atoms with van der Waals surface area (Å²) in [7, 11) is 0. The molecule has 0 spiro atoms. The van der Waals surface area contributed by atoms with Crippen molar-refractivity contribution in [2.24, 2.45) is 0 Å². The van der Waals surface area contributed by atoms with E-state index in [2.05, 4.69) is 0 Å². The average Bonchev–Trinajstić information content (AvgIpc) is 2.44. The van der Waals surface area contributed by atoms with Crippen LogP contribution in [0.1, 0.15) is 0 Å². The van der Waals surface area contributed by atoms with Crippen LogP contribution in [0.15, 0.2) is 48.5 Å². The van der Waals surface area contributed by atoms with Crippen molar-refractivity contribution < 1.29 is 4.39 Å². The predicted octanol–water partition coefficient (Wildman–Crippen LogP) is 5.53. The first-order chi connectivity index (χ1) is 9.58. The molecular formula is C16H10Cl2FN. The number of hydrogen-bond donors (Lipinski definition) is 1. The summed E-state index contributed by atoms with van der Waals surface area (Å²) in [6.45, 7) is 0. The third-order valence-corrected chi connectivity index (χ3v) is 3.90. The highest BCUT2D eigenvalue weighted by molar-refractivity contribution is 6.36. The summed E-state index contributed by atoms with van der Waals surface area (Å²) in [5.74, 6) is -0.418. The Labute approximate surface area is 125 Å². The van der Waals surface area contributed by atoms with Gasteiger partial charge >= 0.3 is 0 Å². The van der Waals surface area contributed by atoms with Crippen LogP contribution >= 0.6 is 23.2 Å². The second kappa shape index (κ2) is 4.97. The normalized spacial score (nSPS) is 10.9. The Bertz CT molecular complexity index is 815. The first-order valence-corrected chi connectivity index (χ1v) is 6.75. The van der Waals surface area contributed by atoms with Crippen LogP contribution in [0.2, 0.25) is 10.0 Å². The summed E-state index contributed by atoms with van der Waals surface area (Å²) in [5.41, 5.74) is 7.72. The third-order valence-electron chi connectivity index (χ3n) is 3.26. The fourth-order valence-electron chi connectivity index (χ4n) is 2.30. The smallest absolute Gasteiger partial charge is 0.125 e. The molecule has 3 aromatic rings. The van der Waals surface area contributed by atoms with Crippen molar-refractivity contribution in [3.63, 3.8) is 0 Å². The largest absolute Gasteiger partial charge is 0.397 e. The van der Waals surface area contributed by atoms with E-state index >= 15 is 0 Å². The van der Waals surface area contributed by atoms with Crippen LogP contribution in [0.3, 0.4) is 0 Å². The van der Waals surface area contributed by atoms with Gasteiger partial charge in [0.25, 0.3) is 0 Å².